The molecule has 4 nitrogen and oxygen atoms in total. The van der Waals surface area contributed by atoms with Gasteiger partial charge in [-0.05, 0) is 19.8 Å². The Morgan fingerprint density at radius 1 is 1.43 bits per heavy atom. The molecule has 0 saturated heterocycles. The Balaban J connectivity index is 3.53. The van der Waals surface area contributed by atoms with Crippen molar-refractivity contribution in [3.63, 3.8) is 0 Å². The number of carbonyl (C=O) groups excluding carboxylic acids is 1. The molecule has 0 radical (unpaired) electrons. The number of hydrogen-bond acceptors (Lipinski definition) is 4. The van der Waals surface area contributed by atoms with Crippen molar-refractivity contribution < 1.29 is 19.7 Å². The van der Waals surface area contributed by atoms with Crippen LogP contribution in [0.15, 0.2) is 12.2 Å². The van der Waals surface area contributed by atoms with Crippen molar-refractivity contribution in [2.24, 2.45) is 0 Å². The van der Waals surface area contributed by atoms with Gasteiger partial charge in [-0.15, -0.1) is 0 Å². The number of allylic oxidation sites excluding steroid dienone is 2. The van der Waals surface area contributed by atoms with Crippen LogP contribution in [-0.2, 0) is 9.53 Å². The van der Waals surface area contributed by atoms with Crippen molar-refractivity contribution in [1.29, 1.82) is 0 Å². The van der Waals surface area contributed by atoms with E-state index in [2.05, 4.69) is 0 Å². The Labute approximate surface area is 84.2 Å². The van der Waals surface area contributed by atoms with Crippen molar-refractivity contribution >= 4 is 5.97 Å². The predicted octanol–water partition coefficient (Wildman–Crippen LogP) is 0.629. The second-order valence-corrected chi connectivity index (χ2v) is 2.94. The average Bonchev–Trinajstić information content (AvgIpc) is 2.21. The molecule has 0 aromatic carbocycles. The number of esters is 1. The lowest BCUT2D eigenvalue weighted by molar-refractivity contribution is -0.153. The Morgan fingerprint density at radius 2 is 2.07 bits per heavy atom. The number of hydrogen-bond donors (Lipinski definition) is 2. The van der Waals surface area contributed by atoms with Crippen LogP contribution in [0.25, 0.3) is 0 Å². The minimum absolute atomic E-state index is 0.320. The summed E-state index contributed by atoms with van der Waals surface area (Å²) in [6, 6.07) is 0. The quantitative estimate of drug-likeness (QED) is 0.361. The summed E-state index contributed by atoms with van der Waals surface area (Å²) in [5.41, 5.74) is 0. The summed E-state index contributed by atoms with van der Waals surface area (Å²) in [6.07, 6.45) is 5.02. The predicted molar refractivity (Wildman–Crippen MR) is 52.7 cm³/mol. The highest BCUT2D eigenvalue weighted by Gasteiger charge is 2.11. The van der Waals surface area contributed by atoms with E-state index in [9.17, 15) is 4.79 Å². The Hall–Kier alpha value is -0.870. The maximum Gasteiger partial charge on any atom is 0.306 e. The molecule has 0 aromatic rings. The van der Waals surface area contributed by atoms with Gasteiger partial charge in [0.1, 0.15) is 6.10 Å². The number of rotatable bonds is 7. The van der Waals surface area contributed by atoms with Gasteiger partial charge in [0.05, 0.1) is 13.2 Å². The molecule has 0 aliphatic carbocycles. The fraction of sp³-hybridized carbons (Fsp3) is 0.700. The van der Waals surface area contributed by atoms with E-state index >= 15 is 0 Å². The van der Waals surface area contributed by atoms with Crippen LogP contribution in [0.3, 0.4) is 0 Å². The first-order valence-electron chi connectivity index (χ1n) is 4.77. The summed E-state index contributed by atoms with van der Waals surface area (Å²) in [4.78, 5) is 11.1. The molecule has 0 spiro atoms. The molecule has 0 aromatic heterocycles. The third-order valence-corrected chi connectivity index (χ3v) is 1.69. The molecule has 0 aliphatic rings. The fourth-order valence-electron chi connectivity index (χ4n) is 0.908. The molecule has 0 bridgehead atoms. The van der Waals surface area contributed by atoms with E-state index in [0.717, 1.165) is 12.8 Å². The molecule has 0 fully saturated rings. The smallest absolute Gasteiger partial charge is 0.306 e. The zero-order valence-corrected chi connectivity index (χ0v) is 8.48. The lowest BCUT2D eigenvalue weighted by Crippen LogP contribution is -2.25. The van der Waals surface area contributed by atoms with E-state index in [-0.39, 0.29) is 19.2 Å². The summed E-state index contributed by atoms with van der Waals surface area (Å²) in [5, 5.41) is 17.3. The van der Waals surface area contributed by atoms with Crippen molar-refractivity contribution in [3.05, 3.63) is 12.2 Å². The van der Waals surface area contributed by atoms with E-state index in [1.54, 1.807) is 0 Å². The highest BCUT2D eigenvalue weighted by Crippen LogP contribution is 2.01. The first-order chi connectivity index (χ1) is 6.74. The molecule has 4 heteroatoms. The van der Waals surface area contributed by atoms with Crippen LogP contribution < -0.4 is 0 Å². The Morgan fingerprint density at radius 3 is 2.57 bits per heavy atom. The number of carbonyl (C=O) groups is 1. The molecule has 0 saturated carbocycles. The maximum absolute atomic E-state index is 11.1. The van der Waals surface area contributed by atoms with Gasteiger partial charge in [-0.25, -0.2) is 0 Å². The van der Waals surface area contributed by atoms with Gasteiger partial charge in [-0.1, -0.05) is 12.2 Å². The average molecular weight is 202 g/mol. The van der Waals surface area contributed by atoms with E-state index in [1.165, 1.54) is 0 Å². The van der Waals surface area contributed by atoms with Crippen LogP contribution in [-0.4, -0.2) is 35.5 Å². The fourth-order valence-corrected chi connectivity index (χ4v) is 0.908. The molecular weight excluding hydrogens is 184 g/mol. The third kappa shape index (κ3) is 6.62. The first kappa shape index (κ1) is 13.1. The number of aliphatic hydroxyl groups excluding tert-OH is 2. The Bertz CT molecular complexity index is 173. The van der Waals surface area contributed by atoms with Crippen molar-refractivity contribution in [1.82, 2.24) is 0 Å². The molecular formula is C10H18O4. The zero-order valence-electron chi connectivity index (χ0n) is 8.48. The maximum atomic E-state index is 11.1. The van der Waals surface area contributed by atoms with Crippen LogP contribution in [0.5, 0.6) is 0 Å². The van der Waals surface area contributed by atoms with Crippen molar-refractivity contribution in [3.8, 4) is 0 Å². The van der Waals surface area contributed by atoms with Crippen LogP contribution >= 0.6 is 0 Å². The molecule has 0 heterocycles. The van der Waals surface area contributed by atoms with Crippen LogP contribution in [0.1, 0.15) is 26.2 Å². The van der Waals surface area contributed by atoms with Gasteiger partial charge in [-0.2, -0.15) is 0 Å². The summed E-state index contributed by atoms with van der Waals surface area (Å²) >= 11 is 0. The zero-order chi connectivity index (χ0) is 10.8. The van der Waals surface area contributed by atoms with E-state index in [1.807, 2.05) is 19.1 Å². The van der Waals surface area contributed by atoms with Crippen molar-refractivity contribution in [2.45, 2.75) is 32.3 Å². The summed E-state index contributed by atoms with van der Waals surface area (Å²) in [7, 11) is 0. The molecule has 82 valence electrons. The Kier molecular flexibility index (Phi) is 8.17. The summed E-state index contributed by atoms with van der Waals surface area (Å²) in [5.74, 6) is -0.373. The minimum atomic E-state index is -0.774. The SMILES string of the molecule is C/C=C\CCCC(=O)OC(CO)CO. The normalized spacial score (nSPS) is 11.1. The molecule has 0 aliphatic heterocycles. The van der Waals surface area contributed by atoms with Crippen LogP contribution in [0, 0.1) is 0 Å². The highest BCUT2D eigenvalue weighted by atomic mass is 16.6. The summed E-state index contributed by atoms with van der Waals surface area (Å²) in [6.45, 7) is 1.25. The molecule has 0 rings (SSSR count). The monoisotopic (exact) mass is 202 g/mol. The second-order valence-electron chi connectivity index (χ2n) is 2.94. The standard InChI is InChI=1S/C10H18O4/c1-2-3-4-5-6-10(13)14-9(7-11)8-12/h2-3,9,11-12H,4-8H2,1H3/b3-2-. The highest BCUT2D eigenvalue weighted by molar-refractivity contribution is 5.69. The van der Waals surface area contributed by atoms with Gasteiger partial charge < -0.3 is 14.9 Å². The van der Waals surface area contributed by atoms with E-state index in [4.69, 9.17) is 14.9 Å². The molecule has 0 amide bonds. The van der Waals surface area contributed by atoms with Gasteiger partial charge in [0.2, 0.25) is 0 Å². The van der Waals surface area contributed by atoms with Gasteiger partial charge in [-0.3, -0.25) is 4.79 Å². The summed E-state index contributed by atoms with van der Waals surface area (Å²) < 4.78 is 4.77. The lowest BCUT2D eigenvalue weighted by Gasteiger charge is -2.11. The molecule has 14 heavy (non-hydrogen) atoms. The van der Waals surface area contributed by atoms with E-state index < -0.39 is 6.10 Å². The third-order valence-electron chi connectivity index (χ3n) is 1.69. The van der Waals surface area contributed by atoms with Gasteiger partial charge in [0.25, 0.3) is 0 Å². The number of ether oxygens (including phenoxy) is 1. The van der Waals surface area contributed by atoms with E-state index in [0.29, 0.717) is 6.42 Å². The topological polar surface area (TPSA) is 66.8 Å². The molecule has 0 unspecified atom stereocenters. The minimum Gasteiger partial charge on any atom is -0.457 e. The van der Waals surface area contributed by atoms with Gasteiger partial charge in [0.15, 0.2) is 0 Å². The number of aliphatic hydroxyl groups is 2. The first-order valence-corrected chi connectivity index (χ1v) is 4.77. The van der Waals surface area contributed by atoms with Crippen LogP contribution in [0.4, 0.5) is 0 Å². The second kappa shape index (κ2) is 8.72. The van der Waals surface area contributed by atoms with Crippen molar-refractivity contribution in [2.75, 3.05) is 13.2 Å². The molecule has 0 atom stereocenters. The lowest BCUT2D eigenvalue weighted by atomic mass is 10.2. The van der Waals surface area contributed by atoms with Gasteiger partial charge in [0, 0.05) is 6.42 Å². The molecule has 2 N–H and O–H groups in total. The van der Waals surface area contributed by atoms with Gasteiger partial charge >= 0.3 is 5.97 Å². The van der Waals surface area contributed by atoms with Crippen LogP contribution in [0.2, 0.25) is 0 Å². The number of unbranched alkanes of at least 4 members (excludes halogenated alkanes) is 1. The largest absolute Gasteiger partial charge is 0.457 e.